The number of rotatable bonds is 6. The maximum atomic E-state index is 12.2. The van der Waals surface area contributed by atoms with Crippen molar-refractivity contribution in [2.75, 3.05) is 7.11 Å². The Morgan fingerprint density at radius 2 is 1.77 bits per heavy atom. The second-order valence-electron chi connectivity index (χ2n) is 4.81. The summed E-state index contributed by atoms with van der Waals surface area (Å²) in [4.78, 5) is 13.2. The number of carbonyl (C=O) groups is 1. The fraction of sp³-hybridized carbons (Fsp3) is 0.312. The topological polar surface area (TPSA) is 47.6 Å². The van der Waals surface area contributed by atoms with Gasteiger partial charge in [0.05, 0.1) is 17.5 Å². The minimum Gasteiger partial charge on any atom is -0.497 e. The maximum Gasteiger partial charge on any atom is 0.261 e. The van der Waals surface area contributed by atoms with Crippen LogP contribution in [0.3, 0.4) is 0 Å². The Labute approximate surface area is 139 Å². The molecule has 0 saturated heterocycles. The van der Waals surface area contributed by atoms with E-state index in [-0.39, 0.29) is 11.9 Å². The van der Waals surface area contributed by atoms with E-state index in [2.05, 4.69) is 5.32 Å². The van der Waals surface area contributed by atoms with E-state index in [1.54, 1.807) is 38.3 Å². The van der Waals surface area contributed by atoms with E-state index in [4.69, 9.17) is 21.1 Å². The quantitative estimate of drug-likeness (QED) is 0.863. The fourth-order valence-corrected chi connectivity index (χ4v) is 2.94. The number of hydrogen-bond acceptors (Lipinski definition) is 4. The molecule has 0 saturated carbocycles. The van der Waals surface area contributed by atoms with E-state index in [0.717, 1.165) is 10.6 Å². The van der Waals surface area contributed by atoms with Crippen LogP contribution in [0.1, 0.15) is 24.8 Å². The Morgan fingerprint density at radius 1 is 1.14 bits per heavy atom. The predicted octanol–water partition coefficient (Wildman–Crippen LogP) is 4.05. The second kappa shape index (κ2) is 7.51. The van der Waals surface area contributed by atoms with Gasteiger partial charge in [0.1, 0.15) is 11.5 Å². The van der Waals surface area contributed by atoms with Crippen molar-refractivity contribution in [2.45, 2.75) is 26.0 Å². The molecule has 0 radical (unpaired) electrons. The lowest BCUT2D eigenvalue weighted by Gasteiger charge is -2.18. The highest BCUT2D eigenvalue weighted by Crippen LogP contribution is 2.26. The molecule has 2 aromatic rings. The van der Waals surface area contributed by atoms with Crippen LogP contribution in [0.4, 0.5) is 0 Å². The van der Waals surface area contributed by atoms with Crippen LogP contribution < -0.4 is 14.8 Å². The first-order chi connectivity index (χ1) is 10.5. The fourth-order valence-electron chi connectivity index (χ4n) is 1.87. The number of ether oxygens (including phenoxy) is 2. The highest BCUT2D eigenvalue weighted by atomic mass is 35.5. The minimum atomic E-state index is -0.591. The number of hydrogen-bond donors (Lipinski definition) is 1. The number of nitrogens with one attached hydrogen (secondary N) is 1. The molecule has 0 spiro atoms. The lowest BCUT2D eigenvalue weighted by molar-refractivity contribution is -0.127. The Kier molecular flexibility index (Phi) is 5.69. The van der Waals surface area contributed by atoms with Crippen LogP contribution in [-0.2, 0) is 4.79 Å². The second-order valence-corrected chi connectivity index (χ2v) is 6.55. The summed E-state index contributed by atoms with van der Waals surface area (Å²) in [7, 11) is 1.60. The first-order valence-electron chi connectivity index (χ1n) is 6.86. The van der Waals surface area contributed by atoms with Crippen molar-refractivity contribution >= 4 is 28.8 Å². The molecule has 0 aliphatic carbocycles. The number of carbonyl (C=O) groups excluding carboxylic acids is 1. The molecular weight excluding hydrogens is 322 g/mol. The molecule has 1 heterocycles. The molecular formula is C16H18ClNO3S. The molecule has 1 amide bonds. The van der Waals surface area contributed by atoms with Gasteiger partial charge in [-0.1, -0.05) is 11.6 Å². The van der Waals surface area contributed by atoms with Gasteiger partial charge < -0.3 is 14.8 Å². The zero-order chi connectivity index (χ0) is 16.1. The van der Waals surface area contributed by atoms with Gasteiger partial charge in [0.25, 0.3) is 5.91 Å². The van der Waals surface area contributed by atoms with Crippen LogP contribution in [0.5, 0.6) is 11.5 Å². The van der Waals surface area contributed by atoms with E-state index in [0.29, 0.717) is 10.1 Å². The van der Waals surface area contributed by atoms with E-state index < -0.39 is 6.10 Å². The molecule has 6 heteroatoms. The maximum absolute atomic E-state index is 12.2. The Hall–Kier alpha value is -1.72. The standard InChI is InChI=1S/C16H18ClNO3S/c1-10(14-8-9-15(17)22-14)18-16(19)11(2)21-13-6-4-12(20-3)5-7-13/h4-11H,1-3H3,(H,18,19)/t10-,11+/m0/s1. The molecule has 118 valence electrons. The van der Waals surface area contributed by atoms with E-state index >= 15 is 0 Å². The van der Waals surface area contributed by atoms with Gasteiger partial charge in [-0.05, 0) is 50.2 Å². The molecule has 0 bridgehead atoms. The predicted molar refractivity (Wildman–Crippen MR) is 89.0 cm³/mol. The third-order valence-electron chi connectivity index (χ3n) is 3.12. The van der Waals surface area contributed by atoms with Crippen LogP contribution >= 0.6 is 22.9 Å². The van der Waals surface area contributed by atoms with Gasteiger partial charge in [0, 0.05) is 4.88 Å². The van der Waals surface area contributed by atoms with Gasteiger partial charge in [-0.15, -0.1) is 11.3 Å². The van der Waals surface area contributed by atoms with E-state index in [1.165, 1.54) is 11.3 Å². The summed E-state index contributed by atoms with van der Waals surface area (Å²) in [6.45, 7) is 3.63. The number of halogens is 1. The molecule has 1 N–H and O–H groups in total. The summed E-state index contributed by atoms with van der Waals surface area (Å²) in [5, 5.41) is 2.92. The Morgan fingerprint density at radius 3 is 2.32 bits per heavy atom. The Bertz CT molecular complexity index is 627. The van der Waals surface area contributed by atoms with Crippen LogP contribution in [-0.4, -0.2) is 19.1 Å². The minimum absolute atomic E-state index is 0.105. The molecule has 0 aliphatic heterocycles. The third kappa shape index (κ3) is 4.39. The van der Waals surface area contributed by atoms with E-state index in [1.807, 2.05) is 19.1 Å². The summed E-state index contributed by atoms with van der Waals surface area (Å²) >= 11 is 7.36. The summed E-state index contributed by atoms with van der Waals surface area (Å²) in [5.74, 6) is 1.19. The first kappa shape index (κ1) is 16.6. The summed E-state index contributed by atoms with van der Waals surface area (Å²) < 4.78 is 11.4. The monoisotopic (exact) mass is 339 g/mol. The van der Waals surface area contributed by atoms with Gasteiger partial charge in [-0.25, -0.2) is 0 Å². The average Bonchev–Trinajstić information content (AvgIpc) is 2.94. The Balaban J connectivity index is 1.91. The molecule has 0 aliphatic rings. The molecule has 0 fully saturated rings. The first-order valence-corrected chi connectivity index (χ1v) is 8.05. The molecule has 1 aromatic heterocycles. The zero-order valence-electron chi connectivity index (χ0n) is 12.6. The highest BCUT2D eigenvalue weighted by molar-refractivity contribution is 7.16. The summed E-state index contributed by atoms with van der Waals surface area (Å²) in [5.41, 5.74) is 0. The van der Waals surface area contributed by atoms with Crippen molar-refractivity contribution < 1.29 is 14.3 Å². The summed E-state index contributed by atoms with van der Waals surface area (Å²) in [6, 6.07) is 10.7. The smallest absolute Gasteiger partial charge is 0.261 e. The van der Waals surface area contributed by atoms with Crippen LogP contribution in [0.15, 0.2) is 36.4 Å². The van der Waals surface area contributed by atoms with Crippen molar-refractivity contribution in [3.8, 4) is 11.5 Å². The van der Waals surface area contributed by atoms with Crippen LogP contribution in [0, 0.1) is 0 Å². The van der Waals surface area contributed by atoms with Crippen molar-refractivity contribution in [1.82, 2.24) is 5.32 Å². The third-order valence-corrected chi connectivity index (χ3v) is 4.53. The number of amides is 1. The molecule has 1 aromatic carbocycles. The van der Waals surface area contributed by atoms with Crippen LogP contribution in [0.2, 0.25) is 4.34 Å². The molecule has 2 rings (SSSR count). The molecule has 22 heavy (non-hydrogen) atoms. The molecule has 2 atom stereocenters. The molecule has 4 nitrogen and oxygen atoms in total. The van der Waals surface area contributed by atoms with Gasteiger partial charge in [0.2, 0.25) is 0 Å². The van der Waals surface area contributed by atoms with Gasteiger partial charge in [-0.2, -0.15) is 0 Å². The summed E-state index contributed by atoms with van der Waals surface area (Å²) in [6.07, 6.45) is -0.591. The van der Waals surface area contributed by atoms with E-state index in [9.17, 15) is 4.79 Å². The van der Waals surface area contributed by atoms with Gasteiger partial charge in [0.15, 0.2) is 6.10 Å². The van der Waals surface area contributed by atoms with Crippen molar-refractivity contribution in [2.24, 2.45) is 0 Å². The average molecular weight is 340 g/mol. The largest absolute Gasteiger partial charge is 0.497 e. The number of methoxy groups -OCH3 is 1. The lowest BCUT2D eigenvalue weighted by atomic mass is 10.2. The highest BCUT2D eigenvalue weighted by Gasteiger charge is 2.18. The van der Waals surface area contributed by atoms with Gasteiger partial charge >= 0.3 is 0 Å². The van der Waals surface area contributed by atoms with Crippen molar-refractivity contribution in [1.29, 1.82) is 0 Å². The van der Waals surface area contributed by atoms with Gasteiger partial charge in [-0.3, -0.25) is 4.79 Å². The SMILES string of the molecule is COc1ccc(O[C@H](C)C(=O)N[C@@H](C)c2ccc(Cl)s2)cc1. The van der Waals surface area contributed by atoms with Crippen molar-refractivity contribution in [3.63, 3.8) is 0 Å². The number of thiophene rings is 1. The normalized spacial score (nSPS) is 13.3. The zero-order valence-corrected chi connectivity index (χ0v) is 14.2. The lowest BCUT2D eigenvalue weighted by Crippen LogP contribution is -2.37. The van der Waals surface area contributed by atoms with Crippen molar-refractivity contribution in [3.05, 3.63) is 45.6 Å². The number of benzene rings is 1. The molecule has 0 unspecified atom stereocenters. The van der Waals surface area contributed by atoms with Crippen LogP contribution in [0.25, 0.3) is 0 Å².